The number of rotatable bonds is 1. The largest absolute Gasteiger partial charge is 0.294 e. The van der Waals surface area contributed by atoms with Crippen molar-refractivity contribution in [1.82, 2.24) is 19.6 Å². The van der Waals surface area contributed by atoms with Crippen molar-refractivity contribution in [3.8, 4) is 11.4 Å². The van der Waals surface area contributed by atoms with Gasteiger partial charge in [0.2, 0.25) is 0 Å². The Balaban J connectivity index is 1.93. The van der Waals surface area contributed by atoms with Gasteiger partial charge in [0, 0.05) is 18.2 Å². The fraction of sp³-hybridized carbons (Fsp3) is 0.250. The summed E-state index contributed by atoms with van der Waals surface area (Å²) in [6, 6.07) is 9.80. The molecule has 104 valence electrons. The first-order valence-electron chi connectivity index (χ1n) is 7.05. The van der Waals surface area contributed by atoms with E-state index in [0.29, 0.717) is 29.5 Å². The van der Waals surface area contributed by atoms with Crippen molar-refractivity contribution >= 4 is 11.6 Å². The van der Waals surface area contributed by atoms with Gasteiger partial charge < -0.3 is 0 Å². The summed E-state index contributed by atoms with van der Waals surface area (Å²) in [5.41, 5.74) is 2.57. The van der Waals surface area contributed by atoms with Crippen molar-refractivity contribution in [2.24, 2.45) is 5.92 Å². The number of carbonyl (C=O) groups is 1. The van der Waals surface area contributed by atoms with Crippen molar-refractivity contribution in [2.75, 3.05) is 0 Å². The number of fused-ring (bicyclic) bond motifs is 3. The van der Waals surface area contributed by atoms with Crippen LogP contribution in [0.1, 0.15) is 29.4 Å². The van der Waals surface area contributed by atoms with E-state index in [1.807, 2.05) is 30.3 Å². The number of benzene rings is 1. The van der Waals surface area contributed by atoms with Crippen LogP contribution in [0.25, 0.3) is 17.2 Å². The van der Waals surface area contributed by atoms with Gasteiger partial charge in [0.1, 0.15) is 0 Å². The average Bonchev–Trinajstić information content (AvgIpc) is 2.92. The Morgan fingerprint density at radius 2 is 2.00 bits per heavy atom. The fourth-order valence-corrected chi connectivity index (χ4v) is 2.85. The lowest BCUT2D eigenvalue weighted by Crippen LogP contribution is -2.21. The minimum Gasteiger partial charge on any atom is -0.294 e. The standard InChI is InChI=1S/C16H14N4O/c1-10-7-13-12(14(21)8-10)9-17-16-18-15(19-20(13)16)11-5-3-2-4-6-11/h2-6,9-10H,7-8H2,1H3. The lowest BCUT2D eigenvalue weighted by molar-refractivity contribution is 0.0951. The van der Waals surface area contributed by atoms with E-state index in [9.17, 15) is 4.79 Å². The maximum atomic E-state index is 12.1. The molecule has 0 saturated heterocycles. The molecule has 0 radical (unpaired) electrons. The third kappa shape index (κ3) is 1.93. The molecule has 2 aromatic heterocycles. The number of hydrogen-bond donors (Lipinski definition) is 0. The molecule has 0 spiro atoms. The maximum absolute atomic E-state index is 12.1. The van der Waals surface area contributed by atoms with Crippen LogP contribution in [0.5, 0.6) is 0 Å². The summed E-state index contributed by atoms with van der Waals surface area (Å²) in [7, 11) is 0. The molecule has 0 saturated carbocycles. The highest BCUT2D eigenvalue weighted by Crippen LogP contribution is 2.25. The quantitative estimate of drug-likeness (QED) is 0.686. The van der Waals surface area contributed by atoms with Crippen LogP contribution in [0.15, 0.2) is 36.5 Å². The minimum atomic E-state index is 0.148. The molecule has 1 aliphatic rings. The summed E-state index contributed by atoms with van der Waals surface area (Å²) in [5, 5.41) is 4.56. The molecule has 2 heterocycles. The number of hydrogen-bond acceptors (Lipinski definition) is 4. The molecule has 0 bridgehead atoms. The van der Waals surface area contributed by atoms with E-state index in [0.717, 1.165) is 17.7 Å². The highest BCUT2D eigenvalue weighted by molar-refractivity contribution is 5.98. The second-order valence-corrected chi connectivity index (χ2v) is 5.57. The molecular weight excluding hydrogens is 264 g/mol. The van der Waals surface area contributed by atoms with Gasteiger partial charge in [0.05, 0.1) is 11.3 Å². The molecule has 0 aliphatic heterocycles. The predicted octanol–water partition coefficient (Wildman–Crippen LogP) is 2.56. The van der Waals surface area contributed by atoms with Gasteiger partial charge in [-0.25, -0.2) is 4.98 Å². The maximum Gasteiger partial charge on any atom is 0.252 e. The summed E-state index contributed by atoms with van der Waals surface area (Å²) in [6.45, 7) is 2.09. The van der Waals surface area contributed by atoms with Crippen molar-refractivity contribution in [3.63, 3.8) is 0 Å². The molecule has 21 heavy (non-hydrogen) atoms. The Morgan fingerprint density at radius 1 is 1.19 bits per heavy atom. The van der Waals surface area contributed by atoms with E-state index in [2.05, 4.69) is 22.0 Å². The zero-order valence-corrected chi connectivity index (χ0v) is 11.7. The summed E-state index contributed by atoms with van der Waals surface area (Å²) in [4.78, 5) is 20.9. The van der Waals surface area contributed by atoms with Gasteiger partial charge in [0.15, 0.2) is 11.6 Å². The van der Waals surface area contributed by atoms with Gasteiger partial charge in [0.25, 0.3) is 5.78 Å². The van der Waals surface area contributed by atoms with Crippen LogP contribution >= 0.6 is 0 Å². The van der Waals surface area contributed by atoms with Crippen LogP contribution in [-0.4, -0.2) is 25.4 Å². The van der Waals surface area contributed by atoms with E-state index >= 15 is 0 Å². The number of Topliss-reactive ketones (excluding diaryl/α,β-unsaturated/α-hetero) is 1. The van der Waals surface area contributed by atoms with E-state index < -0.39 is 0 Å². The molecule has 5 heteroatoms. The molecule has 3 aromatic rings. The predicted molar refractivity (Wildman–Crippen MR) is 78.0 cm³/mol. The fourth-order valence-electron chi connectivity index (χ4n) is 2.85. The van der Waals surface area contributed by atoms with E-state index in [4.69, 9.17) is 0 Å². The van der Waals surface area contributed by atoms with Crippen molar-refractivity contribution in [3.05, 3.63) is 47.8 Å². The van der Waals surface area contributed by atoms with Crippen LogP contribution < -0.4 is 0 Å². The summed E-state index contributed by atoms with van der Waals surface area (Å²) < 4.78 is 1.73. The van der Waals surface area contributed by atoms with Gasteiger partial charge in [-0.05, 0) is 12.3 Å². The lowest BCUT2D eigenvalue weighted by Gasteiger charge is -2.19. The van der Waals surface area contributed by atoms with E-state index in [-0.39, 0.29) is 5.78 Å². The van der Waals surface area contributed by atoms with Crippen LogP contribution in [0, 0.1) is 5.92 Å². The smallest absolute Gasteiger partial charge is 0.252 e. The second-order valence-electron chi connectivity index (χ2n) is 5.57. The molecule has 1 atom stereocenters. The van der Waals surface area contributed by atoms with Crippen molar-refractivity contribution in [2.45, 2.75) is 19.8 Å². The van der Waals surface area contributed by atoms with Crippen LogP contribution in [0.3, 0.4) is 0 Å². The zero-order valence-electron chi connectivity index (χ0n) is 11.7. The average molecular weight is 278 g/mol. The highest BCUT2D eigenvalue weighted by atomic mass is 16.1. The molecule has 4 rings (SSSR count). The number of nitrogens with zero attached hydrogens (tertiary/aromatic N) is 4. The third-order valence-corrected chi connectivity index (χ3v) is 3.87. The van der Waals surface area contributed by atoms with Gasteiger partial charge in [-0.15, -0.1) is 5.10 Å². The summed E-state index contributed by atoms with van der Waals surface area (Å²) in [6.07, 6.45) is 3.06. The Labute approximate surface area is 121 Å². The molecule has 1 unspecified atom stereocenters. The molecule has 1 aliphatic carbocycles. The van der Waals surface area contributed by atoms with Crippen LogP contribution in [-0.2, 0) is 6.42 Å². The number of carbonyl (C=O) groups excluding carboxylic acids is 1. The van der Waals surface area contributed by atoms with Gasteiger partial charge in [-0.2, -0.15) is 9.50 Å². The number of ketones is 1. The SMILES string of the molecule is CC1CC(=O)c2cnc3nc(-c4ccccc4)nn3c2C1. The van der Waals surface area contributed by atoms with Gasteiger partial charge in [-0.3, -0.25) is 4.79 Å². The van der Waals surface area contributed by atoms with Crippen molar-refractivity contribution < 1.29 is 4.79 Å². The highest BCUT2D eigenvalue weighted by Gasteiger charge is 2.26. The Kier molecular flexibility index (Phi) is 2.60. The van der Waals surface area contributed by atoms with Crippen LogP contribution in [0.4, 0.5) is 0 Å². The molecule has 0 N–H and O–H groups in total. The first kappa shape index (κ1) is 12.2. The molecule has 0 amide bonds. The number of aromatic nitrogens is 4. The molecule has 0 fully saturated rings. The van der Waals surface area contributed by atoms with Crippen molar-refractivity contribution in [1.29, 1.82) is 0 Å². The first-order chi connectivity index (χ1) is 10.2. The lowest BCUT2D eigenvalue weighted by atomic mass is 9.88. The Hall–Kier alpha value is -2.56. The Morgan fingerprint density at radius 3 is 2.81 bits per heavy atom. The third-order valence-electron chi connectivity index (χ3n) is 3.87. The summed E-state index contributed by atoms with van der Waals surface area (Å²) in [5.74, 6) is 1.67. The second kappa shape index (κ2) is 4.48. The molecule has 5 nitrogen and oxygen atoms in total. The summed E-state index contributed by atoms with van der Waals surface area (Å²) >= 11 is 0. The molecule has 1 aromatic carbocycles. The zero-order chi connectivity index (χ0) is 14.4. The normalized spacial score (nSPS) is 18.0. The molecular formula is C16H14N4O. The monoisotopic (exact) mass is 278 g/mol. The van der Waals surface area contributed by atoms with E-state index in [1.165, 1.54) is 0 Å². The first-order valence-corrected chi connectivity index (χ1v) is 7.05. The van der Waals surface area contributed by atoms with Gasteiger partial charge >= 0.3 is 0 Å². The minimum absolute atomic E-state index is 0.148. The van der Waals surface area contributed by atoms with Gasteiger partial charge in [-0.1, -0.05) is 37.3 Å². The Bertz CT molecular complexity index is 838. The van der Waals surface area contributed by atoms with Crippen LogP contribution in [0.2, 0.25) is 0 Å². The topological polar surface area (TPSA) is 60.2 Å². The van der Waals surface area contributed by atoms with E-state index in [1.54, 1.807) is 10.7 Å².